The molecule has 0 aromatic heterocycles. The van der Waals surface area contributed by atoms with E-state index < -0.39 is 0 Å². The zero-order chi connectivity index (χ0) is 13.9. The average molecular weight is 341 g/mol. The lowest BCUT2D eigenvalue weighted by molar-refractivity contribution is -0.00753. The Balaban J connectivity index is 1.78. The minimum Gasteiger partial charge on any atom is -0.493 e. The van der Waals surface area contributed by atoms with E-state index in [9.17, 15) is 0 Å². The average Bonchev–Trinajstić information content (AvgIpc) is 2.93. The fraction of sp³-hybridized carbons (Fsp3) is 0.600. The molecule has 110 valence electrons. The second kappa shape index (κ2) is 6.43. The zero-order valence-electron chi connectivity index (χ0n) is 11.5. The molecule has 1 aromatic carbocycles. The van der Waals surface area contributed by atoms with Crippen LogP contribution in [-0.4, -0.2) is 25.4 Å². The van der Waals surface area contributed by atoms with E-state index in [2.05, 4.69) is 33.5 Å². The lowest BCUT2D eigenvalue weighted by Crippen LogP contribution is -2.47. The van der Waals surface area contributed by atoms with Gasteiger partial charge < -0.3 is 9.47 Å². The number of halogens is 1. The van der Waals surface area contributed by atoms with Gasteiger partial charge in [0.2, 0.25) is 0 Å². The maximum atomic E-state index is 5.86. The number of hydrogen-bond donors (Lipinski definition) is 2. The molecule has 0 amide bonds. The van der Waals surface area contributed by atoms with Crippen molar-refractivity contribution < 1.29 is 9.47 Å². The fourth-order valence-corrected chi connectivity index (χ4v) is 3.67. The summed E-state index contributed by atoms with van der Waals surface area (Å²) in [5.74, 6) is 6.80. The molecule has 4 nitrogen and oxygen atoms in total. The van der Waals surface area contributed by atoms with Gasteiger partial charge in [0.05, 0.1) is 18.8 Å². The quantitative estimate of drug-likeness (QED) is 0.652. The van der Waals surface area contributed by atoms with E-state index >= 15 is 0 Å². The van der Waals surface area contributed by atoms with Crippen molar-refractivity contribution >= 4 is 15.9 Å². The number of nitrogens with one attached hydrogen (secondary N) is 1. The molecule has 0 radical (unpaired) electrons. The third kappa shape index (κ3) is 3.01. The standard InChI is InChI=1S/C15H21BrN2O2/c16-12-7-10-4-6-20-15(10)11(8-12)9-13(18-17)14-3-1-2-5-19-14/h7-8,13-14,18H,1-6,9,17H2. The highest BCUT2D eigenvalue weighted by molar-refractivity contribution is 9.10. The van der Waals surface area contributed by atoms with Crippen LogP contribution in [0.5, 0.6) is 5.75 Å². The second-order valence-electron chi connectivity index (χ2n) is 5.53. The van der Waals surface area contributed by atoms with Crippen molar-refractivity contribution in [1.82, 2.24) is 5.43 Å². The van der Waals surface area contributed by atoms with Gasteiger partial charge in [0, 0.05) is 17.5 Å². The van der Waals surface area contributed by atoms with Crippen molar-refractivity contribution in [3.8, 4) is 5.75 Å². The highest BCUT2D eigenvalue weighted by atomic mass is 79.9. The third-order valence-corrected chi connectivity index (χ3v) is 4.60. The van der Waals surface area contributed by atoms with E-state index in [4.69, 9.17) is 15.3 Å². The van der Waals surface area contributed by atoms with Crippen LogP contribution in [0.1, 0.15) is 30.4 Å². The van der Waals surface area contributed by atoms with Crippen molar-refractivity contribution in [2.45, 2.75) is 44.2 Å². The van der Waals surface area contributed by atoms with Crippen LogP contribution in [0.15, 0.2) is 16.6 Å². The molecule has 2 aliphatic heterocycles. The SMILES string of the molecule is NNC(Cc1cc(Br)cc2c1OCC2)C1CCCCO1. The summed E-state index contributed by atoms with van der Waals surface area (Å²) in [4.78, 5) is 0. The first-order chi connectivity index (χ1) is 9.78. The van der Waals surface area contributed by atoms with E-state index in [1.54, 1.807) is 0 Å². The Bertz CT molecular complexity index is 475. The summed E-state index contributed by atoms with van der Waals surface area (Å²) in [6.07, 6.45) is 5.47. The van der Waals surface area contributed by atoms with E-state index in [0.717, 1.165) is 49.1 Å². The first-order valence-corrected chi connectivity index (χ1v) is 8.09. The molecule has 20 heavy (non-hydrogen) atoms. The van der Waals surface area contributed by atoms with E-state index in [1.807, 2.05) is 0 Å². The lowest BCUT2D eigenvalue weighted by Gasteiger charge is -2.30. The van der Waals surface area contributed by atoms with E-state index in [-0.39, 0.29) is 12.1 Å². The molecule has 0 aliphatic carbocycles. The van der Waals surface area contributed by atoms with Crippen molar-refractivity contribution in [1.29, 1.82) is 0 Å². The highest BCUT2D eigenvalue weighted by Crippen LogP contribution is 2.34. The monoisotopic (exact) mass is 340 g/mol. The van der Waals surface area contributed by atoms with Crippen molar-refractivity contribution in [2.24, 2.45) is 5.84 Å². The van der Waals surface area contributed by atoms with Gasteiger partial charge in [0.15, 0.2) is 0 Å². The summed E-state index contributed by atoms with van der Waals surface area (Å²) in [5.41, 5.74) is 5.43. The summed E-state index contributed by atoms with van der Waals surface area (Å²) in [6, 6.07) is 4.42. The van der Waals surface area contributed by atoms with Gasteiger partial charge in [-0.25, -0.2) is 0 Å². The van der Waals surface area contributed by atoms with Gasteiger partial charge in [-0.1, -0.05) is 15.9 Å². The molecule has 5 heteroatoms. The molecule has 2 heterocycles. The number of rotatable bonds is 4. The molecule has 1 saturated heterocycles. The zero-order valence-corrected chi connectivity index (χ0v) is 13.1. The molecule has 0 saturated carbocycles. The maximum absolute atomic E-state index is 5.86. The van der Waals surface area contributed by atoms with Crippen LogP contribution in [0.2, 0.25) is 0 Å². The van der Waals surface area contributed by atoms with Crippen LogP contribution < -0.4 is 16.0 Å². The van der Waals surface area contributed by atoms with Gasteiger partial charge in [0.25, 0.3) is 0 Å². The number of fused-ring (bicyclic) bond motifs is 1. The van der Waals surface area contributed by atoms with Crippen LogP contribution in [0, 0.1) is 0 Å². The van der Waals surface area contributed by atoms with Gasteiger partial charge in [-0.2, -0.15) is 0 Å². The summed E-state index contributed by atoms with van der Waals surface area (Å²) in [6.45, 7) is 1.62. The minimum atomic E-state index is 0.137. The Morgan fingerprint density at radius 2 is 2.25 bits per heavy atom. The predicted molar refractivity (Wildman–Crippen MR) is 81.7 cm³/mol. The van der Waals surface area contributed by atoms with Gasteiger partial charge in [-0.05, 0) is 48.9 Å². The van der Waals surface area contributed by atoms with Crippen LogP contribution in [0.25, 0.3) is 0 Å². The van der Waals surface area contributed by atoms with Crippen LogP contribution >= 0.6 is 15.9 Å². The van der Waals surface area contributed by atoms with Crippen molar-refractivity contribution in [2.75, 3.05) is 13.2 Å². The lowest BCUT2D eigenvalue weighted by atomic mass is 9.95. The maximum Gasteiger partial charge on any atom is 0.125 e. The first-order valence-electron chi connectivity index (χ1n) is 7.30. The summed E-state index contributed by atoms with van der Waals surface area (Å²) in [5, 5.41) is 0. The van der Waals surface area contributed by atoms with Gasteiger partial charge in [-0.3, -0.25) is 11.3 Å². The largest absolute Gasteiger partial charge is 0.493 e. The van der Waals surface area contributed by atoms with Gasteiger partial charge in [0.1, 0.15) is 5.75 Å². The summed E-state index contributed by atoms with van der Waals surface area (Å²) in [7, 11) is 0. The molecule has 2 aliphatic rings. The number of hydrogen-bond acceptors (Lipinski definition) is 4. The van der Waals surface area contributed by atoms with Crippen LogP contribution in [0.4, 0.5) is 0 Å². The fourth-order valence-electron chi connectivity index (χ4n) is 3.12. The predicted octanol–water partition coefficient (Wildman–Crippen LogP) is 2.33. The van der Waals surface area contributed by atoms with E-state index in [1.165, 1.54) is 17.5 Å². The number of benzene rings is 1. The molecule has 0 bridgehead atoms. The van der Waals surface area contributed by atoms with Crippen LogP contribution in [-0.2, 0) is 17.6 Å². The molecule has 3 N–H and O–H groups in total. The molecule has 0 spiro atoms. The number of nitrogens with two attached hydrogens (primary N) is 1. The molecule has 1 aromatic rings. The normalized spacial score (nSPS) is 23.2. The van der Waals surface area contributed by atoms with E-state index in [0.29, 0.717) is 0 Å². The van der Waals surface area contributed by atoms with Gasteiger partial charge >= 0.3 is 0 Å². The third-order valence-electron chi connectivity index (χ3n) is 4.14. The topological polar surface area (TPSA) is 56.5 Å². The Labute approximate surface area is 128 Å². The van der Waals surface area contributed by atoms with Crippen molar-refractivity contribution in [3.63, 3.8) is 0 Å². The molecule has 2 unspecified atom stereocenters. The number of hydrazine groups is 1. The van der Waals surface area contributed by atoms with Gasteiger partial charge in [-0.15, -0.1) is 0 Å². The molecule has 3 rings (SSSR count). The molecule has 1 fully saturated rings. The Hall–Kier alpha value is -0.620. The molecule has 2 atom stereocenters. The Morgan fingerprint density at radius 3 is 3.00 bits per heavy atom. The van der Waals surface area contributed by atoms with Crippen LogP contribution in [0.3, 0.4) is 0 Å². The molecular weight excluding hydrogens is 320 g/mol. The smallest absolute Gasteiger partial charge is 0.125 e. The molecular formula is C15H21BrN2O2. The summed E-state index contributed by atoms with van der Waals surface area (Å²) >= 11 is 3.59. The minimum absolute atomic E-state index is 0.137. The number of ether oxygens (including phenoxy) is 2. The Kier molecular flexibility index (Phi) is 4.61. The van der Waals surface area contributed by atoms with Crippen molar-refractivity contribution in [3.05, 3.63) is 27.7 Å². The highest BCUT2D eigenvalue weighted by Gasteiger charge is 2.26. The first kappa shape index (κ1) is 14.3. The second-order valence-corrected chi connectivity index (χ2v) is 6.45. The Morgan fingerprint density at radius 1 is 1.35 bits per heavy atom. The summed E-state index contributed by atoms with van der Waals surface area (Å²) < 4.78 is 12.8.